The number of halogens is 3. The molecule has 0 aliphatic carbocycles. The minimum atomic E-state index is -4.85. The van der Waals surface area contributed by atoms with E-state index in [-0.39, 0.29) is 63.0 Å². The average molecular weight is 390 g/mol. The van der Waals surface area contributed by atoms with Crippen LogP contribution >= 0.6 is 0 Å². The van der Waals surface area contributed by atoms with Gasteiger partial charge in [-0.25, -0.2) is 0 Å². The zero-order chi connectivity index (χ0) is 17.8. The largest absolute Gasteiger partial charge is 1.00 e. The second-order valence-electron chi connectivity index (χ2n) is 7.01. The number of hydrogen-bond donors (Lipinski definition) is 0. The van der Waals surface area contributed by atoms with Crippen molar-refractivity contribution in [2.24, 2.45) is 0 Å². The summed E-state index contributed by atoms with van der Waals surface area (Å²) in [5.74, 6) is 0. The zero-order valence-electron chi connectivity index (χ0n) is 15.3. The van der Waals surface area contributed by atoms with Crippen LogP contribution in [0.3, 0.4) is 0 Å². The van der Waals surface area contributed by atoms with Gasteiger partial charge in [0.15, 0.2) is 0 Å². The summed E-state index contributed by atoms with van der Waals surface area (Å²) < 4.78 is 44.4. The van der Waals surface area contributed by atoms with Crippen LogP contribution in [0.2, 0.25) is 11.4 Å². The molecule has 25 heavy (non-hydrogen) atoms. The predicted molar refractivity (Wildman–Crippen MR) is 97.5 cm³/mol. The molecule has 0 aliphatic rings. The molecule has 0 heterocycles. The van der Waals surface area contributed by atoms with Gasteiger partial charge >= 0.3 is 58.4 Å². The van der Waals surface area contributed by atoms with E-state index >= 15 is 0 Å². The summed E-state index contributed by atoms with van der Waals surface area (Å²) in [4.78, 5) is 0. The van der Waals surface area contributed by atoms with Crippen LogP contribution in [0.25, 0.3) is 0 Å². The normalized spacial score (nSPS) is 12.6. The Labute approximate surface area is 192 Å². The molecule has 2 rings (SSSR count). The number of hydrogen-bond acceptors (Lipinski definition) is 1. The summed E-state index contributed by atoms with van der Waals surface area (Å²) in [6, 6.07) is 19.4. The number of rotatable bonds is 6. The van der Waals surface area contributed by atoms with E-state index in [0.717, 1.165) is 10.4 Å². The van der Waals surface area contributed by atoms with Gasteiger partial charge in [-0.2, -0.15) is 0 Å². The van der Waals surface area contributed by atoms with Gasteiger partial charge in [0, 0.05) is 6.61 Å². The van der Waals surface area contributed by atoms with Crippen LogP contribution in [0.1, 0.15) is 20.8 Å². The fourth-order valence-electron chi connectivity index (χ4n) is 3.11. The maximum Gasteiger partial charge on any atom is 1.00 e. The van der Waals surface area contributed by atoms with Gasteiger partial charge in [0.1, 0.15) is 0 Å². The van der Waals surface area contributed by atoms with Crippen LogP contribution in [-0.2, 0) is 4.43 Å². The van der Waals surface area contributed by atoms with Gasteiger partial charge in [-0.15, -0.1) is 0 Å². The predicted octanol–water partition coefficient (Wildman–Crippen LogP) is 1.41. The molecule has 0 radical (unpaired) electrons. The van der Waals surface area contributed by atoms with Crippen LogP contribution in [0.4, 0.5) is 12.9 Å². The number of benzene rings is 2. The van der Waals surface area contributed by atoms with E-state index in [0.29, 0.717) is 0 Å². The van der Waals surface area contributed by atoms with Crippen molar-refractivity contribution in [2.45, 2.75) is 32.1 Å². The van der Waals surface area contributed by atoms with Gasteiger partial charge in [-0.1, -0.05) is 87.8 Å². The van der Waals surface area contributed by atoms with Crippen LogP contribution in [0.15, 0.2) is 60.7 Å². The molecule has 7 heteroatoms. The first-order chi connectivity index (χ1) is 11.2. The van der Waals surface area contributed by atoms with E-state index in [1.165, 1.54) is 0 Å². The Morgan fingerprint density at radius 2 is 1.24 bits per heavy atom. The fourth-order valence-corrected chi connectivity index (χ4v) is 7.69. The molecule has 0 atom stereocenters. The zero-order valence-corrected chi connectivity index (χ0v) is 19.4. The van der Waals surface area contributed by atoms with E-state index < -0.39 is 21.6 Å². The van der Waals surface area contributed by atoms with Gasteiger partial charge < -0.3 is 17.4 Å². The van der Waals surface area contributed by atoms with Crippen LogP contribution in [0, 0.1) is 0 Å². The molecule has 0 aromatic heterocycles. The standard InChI is InChI=1S/C18H23BF3OSi.K/c1-18(2,3)24(16-10-6-4-7-11-16,17-12-8-5-9-13-17)23-15-14-19(20,21)22;/h4-13H,14-15H2,1-3H3;/q-1;+1. The molecule has 0 saturated carbocycles. The van der Waals surface area contributed by atoms with Crippen molar-refractivity contribution in [1.82, 2.24) is 0 Å². The molecule has 0 N–H and O–H groups in total. The quantitative estimate of drug-likeness (QED) is 0.678. The van der Waals surface area contributed by atoms with Crippen molar-refractivity contribution < 1.29 is 68.8 Å². The van der Waals surface area contributed by atoms with Gasteiger partial charge in [-0.3, -0.25) is 0 Å². The summed E-state index contributed by atoms with van der Waals surface area (Å²) in [7, 11) is -2.84. The first-order valence-electron chi connectivity index (χ1n) is 8.13. The molecular formula is C18H23BF3KOSi. The Hall–Kier alpha value is 0.108. The topological polar surface area (TPSA) is 9.23 Å². The van der Waals surface area contributed by atoms with Gasteiger partial charge in [0.05, 0.1) is 0 Å². The molecule has 0 amide bonds. The first kappa shape index (κ1) is 23.1. The van der Waals surface area contributed by atoms with Gasteiger partial charge in [0.2, 0.25) is 0 Å². The van der Waals surface area contributed by atoms with Gasteiger partial charge in [-0.05, 0) is 15.4 Å². The molecule has 130 valence electrons. The molecule has 0 spiro atoms. The Bertz CT molecular complexity index is 605. The maximum atomic E-state index is 12.7. The van der Waals surface area contributed by atoms with E-state index in [2.05, 4.69) is 20.8 Å². The monoisotopic (exact) mass is 390 g/mol. The minimum absolute atomic E-state index is 0. The minimum Gasteiger partial charge on any atom is -0.449 e. The second-order valence-corrected chi connectivity index (χ2v) is 11.3. The van der Waals surface area contributed by atoms with E-state index in [1.807, 2.05) is 60.7 Å². The Morgan fingerprint density at radius 1 is 0.840 bits per heavy atom. The molecule has 0 saturated heterocycles. The van der Waals surface area contributed by atoms with Crippen LogP contribution < -0.4 is 61.8 Å². The van der Waals surface area contributed by atoms with Gasteiger partial charge in [0.25, 0.3) is 8.32 Å². The molecule has 0 fully saturated rings. The summed E-state index contributed by atoms with van der Waals surface area (Å²) in [5, 5.41) is 1.70. The van der Waals surface area contributed by atoms with Crippen LogP contribution in [-0.4, -0.2) is 21.9 Å². The Kier molecular flexibility index (Phi) is 8.66. The summed E-state index contributed by atoms with van der Waals surface area (Å²) in [6.45, 7) is 1.02. The second kappa shape index (κ2) is 9.35. The Morgan fingerprint density at radius 3 is 1.56 bits per heavy atom. The summed E-state index contributed by atoms with van der Waals surface area (Å²) in [5.41, 5.74) is 0. The summed E-state index contributed by atoms with van der Waals surface area (Å²) >= 11 is 0. The molecule has 1 nitrogen and oxygen atoms in total. The third-order valence-electron chi connectivity index (χ3n) is 4.18. The third kappa shape index (κ3) is 5.79. The maximum absolute atomic E-state index is 12.7. The van der Waals surface area contributed by atoms with Crippen molar-refractivity contribution in [2.75, 3.05) is 6.61 Å². The Balaban J connectivity index is 0.00000312. The van der Waals surface area contributed by atoms with Crippen molar-refractivity contribution in [3.05, 3.63) is 60.7 Å². The fraction of sp³-hybridized carbons (Fsp3) is 0.333. The van der Waals surface area contributed by atoms with Crippen molar-refractivity contribution in [3.8, 4) is 0 Å². The molecule has 0 aliphatic heterocycles. The van der Waals surface area contributed by atoms with E-state index in [4.69, 9.17) is 4.43 Å². The molecule has 0 bridgehead atoms. The summed E-state index contributed by atoms with van der Waals surface area (Å²) in [6.07, 6.45) is -0.871. The molecule has 2 aromatic rings. The smallest absolute Gasteiger partial charge is 0.449 e. The van der Waals surface area contributed by atoms with E-state index in [9.17, 15) is 12.9 Å². The van der Waals surface area contributed by atoms with Crippen molar-refractivity contribution in [3.63, 3.8) is 0 Å². The van der Waals surface area contributed by atoms with Crippen LogP contribution in [0.5, 0.6) is 0 Å². The first-order valence-corrected chi connectivity index (χ1v) is 10.0. The SMILES string of the molecule is CC(C)(C)[Si](OCC[B-](F)(F)F)(c1ccccc1)c1ccccc1.[K+]. The van der Waals surface area contributed by atoms with Crippen molar-refractivity contribution in [1.29, 1.82) is 0 Å². The molecule has 2 aromatic carbocycles. The molecule has 0 unspecified atom stereocenters. The molecular weight excluding hydrogens is 367 g/mol. The van der Waals surface area contributed by atoms with E-state index in [1.54, 1.807) is 0 Å². The van der Waals surface area contributed by atoms with Crippen molar-refractivity contribution >= 4 is 25.7 Å². The average Bonchev–Trinajstić information content (AvgIpc) is 2.51. The third-order valence-corrected chi connectivity index (χ3v) is 9.22.